The zero-order chi connectivity index (χ0) is 10.7. The van der Waals surface area contributed by atoms with Gasteiger partial charge in [0.15, 0.2) is 0 Å². The third kappa shape index (κ3) is 1.93. The van der Waals surface area contributed by atoms with Crippen LogP contribution in [-0.4, -0.2) is 17.6 Å². The number of ether oxygens (including phenoxy) is 1. The van der Waals surface area contributed by atoms with Gasteiger partial charge in [0.1, 0.15) is 10.6 Å². The van der Waals surface area contributed by atoms with E-state index in [1.54, 1.807) is 6.92 Å². The highest BCUT2D eigenvalue weighted by molar-refractivity contribution is 6.33. The molecule has 0 atom stereocenters. The molecule has 1 heterocycles. The molecule has 0 radical (unpaired) electrons. The summed E-state index contributed by atoms with van der Waals surface area (Å²) in [4.78, 5) is 14.5. The van der Waals surface area contributed by atoms with Gasteiger partial charge in [-0.05, 0) is 6.92 Å². The number of nitrogens with two attached hydrogens (primary N) is 1. The zero-order valence-corrected chi connectivity index (χ0v) is 8.14. The van der Waals surface area contributed by atoms with E-state index in [1.807, 2.05) is 0 Å². The molecule has 0 aromatic carbocycles. The summed E-state index contributed by atoms with van der Waals surface area (Å²) in [5, 5.41) is -0.365. The van der Waals surface area contributed by atoms with Gasteiger partial charge in [-0.25, -0.2) is 9.78 Å². The Labute approximate surface area is 84.8 Å². The Kier molecular flexibility index (Phi) is 3.24. The fourth-order valence-electron chi connectivity index (χ4n) is 0.848. The van der Waals surface area contributed by atoms with Crippen molar-refractivity contribution in [2.45, 2.75) is 6.92 Å². The first-order chi connectivity index (χ1) is 6.57. The van der Waals surface area contributed by atoms with Crippen LogP contribution in [0, 0.1) is 5.95 Å². The van der Waals surface area contributed by atoms with Crippen LogP contribution in [0.2, 0.25) is 5.02 Å². The van der Waals surface area contributed by atoms with Crippen LogP contribution in [0.25, 0.3) is 0 Å². The lowest BCUT2D eigenvalue weighted by atomic mass is 10.2. The molecule has 0 aliphatic carbocycles. The number of pyridine rings is 1. The SMILES string of the molecule is CCOC(=O)c1cnc(F)c(Cl)c1N. The Bertz CT molecular complexity index is 371. The first-order valence-corrected chi connectivity index (χ1v) is 4.22. The fourth-order valence-corrected chi connectivity index (χ4v) is 0.999. The lowest BCUT2D eigenvalue weighted by Crippen LogP contribution is -2.09. The summed E-state index contributed by atoms with van der Waals surface area (Å²) < 4.78 is 17.4. The molecule has 0 aliphatic rings. The minimum Gasteiger partial charge on any atom is -0.462 e. The van der Waals surface area contributed by atoms with Gasteiger partial charge >= 0.3 is 5.97 Å². The van der Waals surface area contributed by atoms with Crippen LogP contribution in [0.5, 0.6) is 0 Å². The quantitative estimate of drug-likeness (QED) is 0.605. The summed E-state index contributed by atoms with van der Waals surface area (Å²) in [6.07, 6.45) is 0.995. The summed E-state index contributed by atoms with van der Waals surface area (Å²) in [6, 6.07) is 0. The fraction of sp³-hybridized carbons (Fsp3) is 0.250. The smallest absolute Gasteiger partial charge is 0.341 e. The van der Waals surface area contributed by atoms with Crippen molar-refractivity contribution in [3.63, 3.8) is 0 Å². The Balaban J connectivity index is 3.11. The van der Waals surface area contributed by atoms with Gasteiger partial charge < -0.3 is 10.5 Å². The first kappa shape index (κ1) is 10.7. The van der Waals surface area contributed by atoms with Gasteiger partial charge in [0.25, 0.3) is 0 Å². The van der Waals surface area contributed by atoms with E-state index in [9.17, 15) is 9.18 Å². The lowest BCUT2D eigenvalue weighted by Gasteiger charge is -2.05. The molecule has 0 unspecified atom stereocenters. The predicted molar refractivity (Wildman–Crippen MR) is 49.6 cm³/mol. The number of hydrogen-bond acceptors (Lipinski definition) is 4. The molecule has 2 N–H and O–H groups in total. The summed E-state index contributed by atoms with van der Waals surface area (Å²) in [7, 11) is 0. The van der Waals surface area contributed by atoms with Crippen molar-refractivity contribution in [1.82, 2.24) is 4.98 Å². The molecule has 0 aliphatic heterocycles. The molecule has 0 spiro atoms. The number of anilines is 1. The second-order valence-corrected chi connectivity index (χ2v) is 2.79. The van der Waals surface area contributed by atoms with E-state index in [1.165, 1.54) is 0 Å². The number of rotatable bonds is 2. The van der Waals surface area contributed by atoms with Crippen LogP contribution < -0.4 is 5.73 Å². The average molecular weight is 219 g/mol. The topological polar surface area (TPSA) is 65.2 Å². The van der Waals surface area contributed by atoms with Gasteiger partial charge in [0, 0.05) is 6.20 Å². The Hall–Kier alpha value is -1.36. The Morgan fingerprint density at radius 2 is 2.43 bits per heavy atom. The summed E-state index contributed by atoms with van der Waals surface area (Å²) in [5.41, 5.74) is 5.22. The van der Waals surface area contributed by atoms with Crippen molar-refractivity contribution in [3.8, 4) is 0 Å². The highest BCUT2D eigenvalue weighted by Crippen LogP contribution is 2.24. The normalized spacial score (nSPS) is 9.93. The Morgan fingerprint density at radius 3 is 3.00 bits per heavy atom. The minimum atomic E-state index is -0.905. The van der Waals surface area contributed by atoms with Gasteiger partial charge in [-0.2, -0.15) is 4.39 Å². The highest BCUT2D eigenvalue weighted by Gasteiger charge is 2.16. The van der Waals surface area contributed by atoms with Gasteiger partial charge in [-0.15, -0.1) is 0 Å². The number of halogens is 2. The molecule has 0 saturated carbocycles. The molecule has 0 amide bonds. The van der Waals surface area contributed by atoms with E-state index in [2.05, 4.69) is 9.72 Å². The van der Waals surface area contributed by atoms with Crippen molar-refractivity contribution in [1.29, 1.82) is 0 Å². The molecule has 0 saturated heterocycles. The predicted octanol–water partition coefficient (Wildman–Crippen LogP) is 1.63. The largest absolute Gasteiger partial charge is 0.462 e. The van der Waals surface area contributed by atoms with Crippen LogP contribution in [0.1, 0.15) is 17.3 Å². The summed E-state index contributed by atoms with van der Waals surface area (Å²) in [6.45, 7) is 1.85. The van der Waals surface area contributed by atoms with E-state index in [0.29, 0.717) is 0 Å². The molecular formula is C8H8ClFN2O2. The maximum Gasteiger partial charge on any atom is 0.341 e. The molecule has 1 rings (SSSR count). The molecule has 1 aromatic rings. The molecule has 6 heteroatoms. The second kappa shape index (κ2) is 4.23. The van der Waals surface area contributed by atoms with Gasteiger partial charge in [-0.3, -0.25) is 0 Å². The molecule has 76 valence electrons. The van der Waals surface area contributed by atoms with Crippen LogP contribution >= 0.6 is 11.6 Å². The number of carbonyl (C=O) groups is 1. The molecule has 14 heavy (non-hydrogen) atoms. The maximum atomic E-state index is 12.7. The van der Waals surface area contributed by atoms with E-state index in [-0.39, 0.29) is 22.9 Å². The molecule has 1 aromatic heterocycles. The monoisotopic (exact) mass is 218 g/mol. The van der Waals surface area contributed by atoms with Gasteiger partial charge in [0.2, 0.25) is 5.95 Å². The standard InChI is InChI=1S/C8H8ClFN2O2/c1-2-14-8(13)4-3-12-7(10)5(9)6(4)11/h3H,2H2,1H3,(H2,11,12). The Morgan fingerprint density at radius 1 is 1.79 bits per heavy atom. The van der Waals surface area contributed by atoms with Crippen LogP contribution in [-0.2, 0) is 4.74 Å². The summed E-state index contributed by atoms with van der Waals surface area (Å²) in [5.74, 6) is -1.57. The minimum absolute atomic E-state index is 0.0294. The van der Waals surface area contributed by atoms with E-state index < -0.39 is 11.9 Å². The van der Waals surface area contributed by atoms with Crippen LogP contribution in [0.4, 0.5) is 10.1 Å². The zero-order valence-electron chi connectivity index (χ0n) is 7.38. The van der Waals surface area contributed by atoms with Crippen LogP contribution in [0.3, 0.4) is 0 Å². The van der Waals surface area contributed by atoms with E-state index in [0.717, 1.165) is 6.20 Å². The molecular weight excluding hydrogens is 211 g/mol. The van der Waals surface area contributed by atoms with Crippen molar-refractivity contribution in [2.24, 2.45) is 0 Å². The third-order valence-electron chi connectivity index (χ3n) is 1.51. The van der Waals surface area contributed by atoms with Gasteiger partial charge in [-0.1, -0.05) is 11.6 Å². The lowest BCUT2D eigenvalue weighted by molar-refractivity contribution is 0.0527. The summed E-state index contributed by atoms with van der Waals surface area (Å²) >= 11 is 5.46. The number of aromatic nitrogens is 1. The third-order valence-corrected chi connectivity index (χ3v) is 1.87. The molecule has 0 fully saturated rings. The number of carbonyl (C=O) groups excluding carboxylic acids is 1. The highest BCUT2D eigenvalue weighted by atomic mass is 35.5. The number of hydrogen-bond donors (Lipinski definition) is 1. The van der Waals surface area contributed by atoms with Crippen molar-refractivity contribution < 1.29 is 13.9 Å². The average Bonchev–Trinajstić information content (AvgIpc) is 2.15. The van der Waals surface area contributed by atoms with E-state index >= 15 is 0 Å². The van der Waals surface area contributed by atoms with Crippen molar-refractivity contribution in [2.75, 3.05) is 12.3 Å². The molecule has 0 bridgehead atoms. The van der Waals surface area contributed by atoms with E-state index in [4.69, 9.17) is 17.3 Å². The maximum absolute atomic E-state index is 12.7. The van der Waals surface area contributed by atoms with Gasteiger partial charge in [0.05, 0.1) is 12.3 Å². The first-order valence-electron chi connectivity index (χ1n) is 3.84. The van der Waals surface area contributed by atoms with Crippen molar-refractivity contribution in [3.05, 3.63) is 22.7 Å². The second-order valence-electron chi connectivity index (χ2n) is 2.41. The van der Waals surface area contributed by atoms with Crippen LogP contribution in [0.15, 0.2) is 6.20 Å². The number of nitrogen functional groups attached to an aromatic ring is 1. The van der Waals surface area contributed by atoms with Crippen molar-refractivity contribution >= 4 is 23.3 Å². The number of nitrogens with zero attached hydrogens (tertiary/aromatic N) is 1. The molecule has 4 nitrogen and oxygen atoms in total. The number of esters is 1.